The van der Waals surface area contributed by atoms with Gasteiger partial charge >= 0.3 is 0 Å². The molecule has 4 nitrogen and oxygen atoms in total. The van der Waals surface area contributed by atoms with Crippen LogP contribution in [0.15, 0.2) is 54.6 Å². The summed E-state index contributed by atoms with van der Waals surface area (Å²) >= 11 is 0. The second-order valence-corrected chi connectivity index (χ2v) is 4.22. The number of aliphatic hydroxyl groups excluding tert-OH is 1. The highest BCUT2D eigenvalue weighted by atomic mass is 16.5. The molecule has 2 atom stereocenters. The maximum Gasteiger partial charge on any atom is 0.196 e. The van der Waals surface area contributed by atoms with E-state index in [2.05, 4.69) is 0 Å². The summed E-state index contributed by atoms with van der Waals surface area (Å²) in [7, 11) is 0. The van der Waals surface area contributed by atoms with Crippen LogP contribution in [-0.2, 0) is 4.79 Å². The van der Waals surface area contributed by atoms with E-state index in [4.69, 9.17) is 0 Å². The van der Waals surface area contributed by atoms with E-state index >= 15 is 0 Å². The molecule has 4 heteroatoms. The van der Waals surface area contributed by atoms with Crippen LogP contribution >= 0.6 is 0 Å². The number of allylic oxidation sites excluding steroid dienone is 2. The molecule has 2 rings (SSSR count). The molecule has 1 aliphatic rings. The Balaban J connectivity index is 2.22. The molecule has 3 N–H and O–H groups in total. The van der Waals surface area contributed by atoms with Gasteiger partial charge < -0.3 is 15.3 Å². The van der Waals surface area contributed by atoms with Crippen LogP contribution in [0.4, 0.5) is 0 Å². The zero-order valence-corrected chi connectivity index (χ0v) is 9.60. The monoisotopic (exact) mass is 246 g/mol. The van der Waals surface area contributed by atoms with Crippen molar-refractivity contribution in [3.63, 3.8) is 0 Å². The first-order valence-corrected chi connectivity index (χ1v) is 5.60. The number of carbonyl (C=O) groups is 1. The Bertz CT molecular complexity index is 488. The minimum atomic E-state index is -2.25. The van der Waals surface area contributed by atoms with Crippen LogP contribution in [0.2, 0.25) is 0 Å². The van der Waals surface area contributed by atoms with E-state index in [0.29, 0.717) is 5.56 Å². The summed E-state index contributed by atoms with van der Waals surface area (Å²) in [6.07, 6.45) is 4.11. The zero-order chi connectivity index (χ0) is 13.2. The van der Waals surface area contributed by atoms with Gasteiger partial charge in [-0.15, -0.1) is 0 Å². The molecular formula is C14H14O4. The van der Waals surface area contributed by atoms with E-state index in [0.717, 1.165) is 6.08 Å². The number of hydrogen-bond donors (Lipinski definition) is 3. The van der Waals surface area contributed by atoms with E-state index in [1.807, 2.05) is 0 Å². The van der Waals surface area contributed by atoms with Gasteiger partial charge in [0.25, 0.3) is 0 Å². The summed E-state index contributed by atoms with van der Waals surface area (Å²) in [6.45, 7) is 0. The van der Waals surface area contributed by atoms with Crippen molar-refractivity contribution in [2.75, 3.05) is 0 Å². The lowest BCUT2D eigenvalue weighted by Crippen LogP contribution is -2.42. The summed E-state index contributed by atoms with van der Waals surface area (Å²) in [6, 6.07) is 8.40. The molecule has 0 saturated heterocycles. The summed E-state index contributed by atoms with van der Waals surface area (Å²) in [5.74, 6) is -4.06. The predicted octanol–water partition coefficient (Wildman–Crippen LogP) is 0.712. The third-order valence-electron chi connectivity index (χ3n) is 2.91. The van der Waals surface area contributed by atoms with Gasteiger partial charge in [-0.1, -0.05) is 48.6 Å². The quantitative estimate of drug-likeness (QED) is 0.686. The molecule has 94 valence electrons. The van der Waals surface area contributed by atoms with Crippen LogP contribution in [0.1, 0.15) is 11.7 Å². The van der Waals surface area contributed by atoms with Crippen LogP contribution < -0.4 is 0 Å². The minimum Gasteiger partial charge on any atom is -0.381 e. The third kappa shape index (κ3) is 2.41. The van der Waals surface area contributed by atoms with Crippen molar-refractivity contribution < 1.29 is 20.1 Å². The van der Waals surface area contributed by atoms with E-state index in [1.165, 1.54) is 12.2 Å². The van der Waals surface area contributed by atoms with E-state index in [9.17, 15) is 20.1 Å². The highest BCUT2D eigenvalue weighted by Gasteiger charge is 2.39. The Kier molecular flexibility index (Phi) is 3.43. The average Bonchev–Trinajstić information content (AvgIpc) is 2.37. The summed E-state index contributed by atoms with van der Waals surface area (Å²) in [5, 5.41) is 29.3. The normalized spacial score (nSPS) is 22.7. The van der Waals surface area contributed by atoms with E-state index in [-0.39, 0.29) is 0 Å². The van der Waals surface area contributed by atoms with Gasteiger partial charge in [-0.05, 0) is 11.6 Å². The fourth-order valence-corrected chi connectivity index (χ4v) is 1.89. The molecule has 0 spiro atoms. The first-order valence-electron chi connectivity index (χ1n) is 5.60. The molecule has 1 aromatic carbocycles. The largest absolute Gasteiger partial charge is 0.381 e. The number of ketones is 1. The molecule has 18 heavy (non-hydrogen) atoms. The summed E-state index contributed by atoms with van der Waals surface area (Å²) in [5.41, 5.74) is 0.432. The molecule has 0 aliphatic heterocycles. The van der Waals surface area contributed by atoms with Crippen LogP contribution in [0.5, 0.6) is 0 Å². The van der Waals surface area contributed by atoms with Crippen molar-refractivity contribution in [2.45, 2.75) is 11.9 Å². The fourth-order valence-electron chi connectivity index (χ4n) is 1.89. The van der Waals surface area contributed by atoms with Crippen molar-refractivity contribution in [3.8, 4) is 0 Å². The van der Waals surface area contributed by atoms with Gasteiger partial charge in [0.15, 0.2) is 11.6 Å². The second-order valence-electron chi connectivity index (χ2n) is 4.22. The Morgan fingerprint density at radius 1 is 1.17 bits per heavy atom. The van der Waals surface area contributed by atoms with Crippen molar-refractivity contribution in [1.29, 1.82) is 0 Å². The van der Waals surface area contributed by atoms with Crippen LogP contribution in [-0.4, -0.2) is 26.9 Å². The fraction of sp³-hybridized carbons (Fsp3) is 0.214. The Hall–Kier alpha value is -1.75. The summed E-state index contributed by atoms with van der Waals surface area (Å²) in [4.78, 5) is 12.1. The Labute approximate surface area is 105 Å². The maximum atomic E-state index is 12.1. The molecule has 1 aliphatic carbocycles. The predicted molar refractivity (Wildman–Crippen MR) is 65.3 cm³/mol. The van der Waals surface area contributed by atoms with E-state index < -0.39 is 23.6 Å². The first-order chi connectivity index (χ1) is 8.52. The van der Waals surface area contributed by atoms with Crippen LogP contribution in [0.25, 0.3) is 0 Å². The molecular weight excluding hydrogens is 232 g/mol. The van der Waals surface area contributed by atoms with Gasteiger partial charge in [0.1, 0.15) is 6.10 Å². The number of Topliss-reactive ketones (excluding diaryl/α,β-unsaturated/α-hetero) is 1. The smallest absolute Gasteiger partial charge is 0.196 e. The Morgan fingerprint density at radius 3 is 2.44 bits per heavy atom. The highest BCUT2D eigenvalue weighted by molar-refractivity contribution is 5.89. The molecule has 1 aromatic rings. The molecule has 0 bridgehead atoms. The number of carbonyl (C=O) groups excluding carboxylic acids is 1. The average molecular weight is 246 g/mol. The highest BCUT2D eigenvalue weighted by Crippen LogP contribution is 2.28. The van der Waals surface area contributed by atoms with Gasteiger partial charge in [0.05, 0.1) is 5.92 Å². The molecule has 0 fully saturated rings. The van der Waals surface area contributed by atoms with Gasteiger partial charge in [-0.25, -0.2) is 0 Å². The topological polar surface area (TPSA) is 77.8 Å². The molecule has 0 aromatic heterocycles. The summed E-state index contributed by atoms with van der Waals surface area (Å²) < 4.78 is 0. The maximum absolute atomic E-state index is 12.1. The SMILES string of the molecule is O=C(C(O)c1ccccc1)C1C=CC=CC1(O)O. The van der Waals surface area contributed by atoms with E-state index in [1.54, 1.807) is 36.4 Å². The van der Waals surface area contributed by atoms with Crippen molar-refractivity contribution in [2.24, 2.45) is 5.92 Å². The standard InChI is InChI=1S/C14H14O4/c15-12(10-6-2-1-3-7-10)13(16)11-8-4-5-9-14(11,17)18/h1-9,11-12,15,17-18H. The van der Waals surface area contributed by atoms with Gasteiger partial charge in [0, 0.05) is 0 Å². The van der Waals surface area contributed by atoms with Crippen molar-refractivity contribution in [3.05, 3.63) is 60.2 Å². The van der Waals surface area contributed by atoms with Crippen LogP contribution in [0, 0.1) is 5.92 Å². The van der Waals surface area contributed by atoms with Gasteiger partial charge in [-0.2, -0.15) is 0 Å². The molecule has 2 unspecified atom stereocenters. The molecule has 0 amide bonds. The zero-order valence-electron chi connectivity index (χ0n) is 9.60. The first kappa shape index (κ1) is 12.7. The number of rotatable bonds is 3. The third-order valence-corrected chi connectivity index (χ3v) is 2.91. The Morgan fingerprint density at radius 2 is 1.83 bits per heavy atom. The molecule has 0 heterocycles. The lowest BCUT2D eigenvalue weighted by Gasteiger charge is -2.28. The lowest BCUT2D eigenvalue weighted by molar-refractivity contribution is -0.168. The van der Waals surface area contributed by atoms with Crippen molar-refractivity contribution >= 4 is 5.78 Å². The van der Waals surface area contributed by atoms with Crippen LogP contribution in [0.3, 0.4) is 0 Å². The van der Waals surface area contributed by atoms with Gasteiger partial charge in [-0.3, -0.25) is 4.79 Å². The van der Waals surface area contributed by atoms with Crippen molar-refractivity contribution in [1.82, 2.24) is 0 Å². The second kappa shape index (κ2) is 4.86. The number of benzene rings is 1. The minimum absolute atomic E-state index is 0.432. The van der Waals surface area contributed by atoms with Gasteiger partial charge in [0.2, 0.25) is 0 Å². The number of aliphatic hydroxyl groups is 3. The molecule has 0 radical (unpaired) electrons. The number of hydrogen-bond acceptors (Lipinski definition) is 4. The molecule has 0 saturated carbocycles. The lowest BCUT2D eigenvalue weighted by atomic mass is 9.86.